The lowest BCUT2D eigenvalue weighted by Gasteiger charge is -2.17. The zero-order valence-electron chi connectivity index (χ0n) is 43.2. The molecule has 3 aromatic heterocycles. The average Bonchev–Trinajstić information content (AvgIpc) is 4.19. The predicted molar refractivity (Wildman–Crippen MR) is 326 cm³/mol. The van der Waals surface area contributed by atoms with Crippen molar-refractivity contribution in [3.05, 3.63) is 283 Å². The van der Waals surface area contributed by atoms with Crippen LogP contribution in [0.25, 0.3) is 105 Å². The molecule has 0 saturated carbocycles. The molecule has 1 N–H and O–H groups in total. The molecule has 0 amide bonds. The molecule has 0 aliphatic heterocycles. The van der Waals surface area contributed by atoms with Gasteiger partial charge >= 0.3 is 0 Å². The first kappa shape index (κ1) is 46.4. The van der Waals surface area contributed by atoms with Gasteiger partial charge in [-0.25, -0.2) is 9.98 Å². The Morgan fingerprint density at radius 1 is 0.449 bits per heavy atom. The Kier molecular flexibility index (Phi) is 11.4. The van der Waals surface area contributed by atoms with Crippen LogP contribution in [0.5, 0.6) is 0 Å². The van der Waals surface area contributed by atoms with E-state index in [1.54, 1.807) is 0 Å². The third kappa shape index (κ3) is 8.01. The summed E-state index contributed by atoms with van der Waals surface area (Å²) in [5.41, 5.74) is 19.6. The standard InChI is InChI=1S/C72H51N5O/c1-46-20-15-16-29-55(46)57-37-38-59-61-45-53(35-40-66(61)77(54-27-13-6-14-28-54)70(59)62(57)42-48-21-7-3-8-22-48)56-31-19-33-68-69(56)63-44-52(36-41-67(63)78-68)51-34-39-65-60(43-51)58-30-17-18-32-64(58)76(65)47(2)74-72(50-25-11-5-12-26-50)75-71(73)49-23-9-4-10-24-49/h3-41,43-45,73H,42H2,1-2H3. The molecule has 14 rings (SSSR count). The fraction of sp³-hybridized carbons (Fsp3) is 0.0417. The maximum absolute atomic E-state index is 8.92. The van der Waals surface area contributed by atoms with Gasteiger partial charge in [-0.2, -0.15) is 0 Å². The van der Waals surface area contributed by atoms with Crippen molar-refractivity contribution in [1.82, 2.24) is 9.13 Å². The molecule has 0 bridgehead atoms. The molecule has 6 heteroatoms. The SMILES string of the molecule is CC(=NC(=NC(=N)c1ccccc1)c1ccccc1)n1c2ccccc2c2cc(-c3ccc4oc5cccc(-c6ccc7c(c6)c6ccc(-c8ccccc8C)c(Cc8ccccc8)c6n7-c6ccccc6)c5c4c3)ccc21. The molecule has 0 spiro atoms. The normalized spacial score (nSPS) is 12.2. The number of furan rings is 1. The zero-order chi connectivity index (χ0) is 52.3. The Morgan fingerprint density at radius 3 is 1.83 bits per heavy atom. The molecule has 370 valence electrons. The van der Waals surface area contributed by atoms with Gasteiger partial charge in [-0.1, -0.05) is 194 Å². The number of amidine groups is 2. The van der Waals surface area contributed by atoms with Gasteiger partial charge in [0.25, 0.3) is 0 Å². The number of nitrogens with one attached hydrogen (secondary N) is 1. The molecule has 14 aromatic rings. The van der Waals surface area contributed by atoms with Crippen LogP contribution in [0.15, 0.2) is 269 Å². The molecule has 0 atom stereocenters. The number of para-hydroxylation sites is 2. The van der Waals surface area contributed by atoms with E-state index in [0.717, 1.165) is 101 Å². The second-order valence-corrected chi connectivity index (χ2v) is 20.1. The van der Waals surface area contributed by atoms with Crippen LogP contribution in [-0.2, 0) is 6.42 Å². The van der Waals surface area contributed by atoms with Crippen LogP contribution in [0.2, 0.25) is 0 Å². The van der Waals surface area contributed by atoms with E-state index in [9.17, 15) is 0 Å². The average molecular weight is 1000 g/mol. The second-order valence-electron chi connectivity index (χ2n) is 20.1. The van der Waals surface area contributed by atoms with Gasteiger partial charge in [-0.15, -0.1) is 0 Å². The summed E-state index contributed by atoms with van der Waals surface area (Å²) in [5, 5.41) is 15.7. The lowest BCUT2D eigenvalue weighted by atomic mass is 9.90. The first-order chi connectivity index (χ1) is 38.4. The summed E-state index contributed by atoms with van der Waals surface area (Å²) in [6.45, 7) is 4.23. The van der Waals surface area contributed by atoms with Gasteiger partial charge in [-0.3, -0.25) is 9.98 Å². The van der Waals surface area contributed by atoms with Crippen molar-refractivity contribution in [2.45, 2.75) is 20.3 Å². The van der Waals surface area contributed by atoms with Crippen molar-refractivity contribution in [2.75, 3.05) is 0 Å². The van der Waals surface area contributed by atoms with E-state index < -0.39 is 0 Å². The predicted octanol–water partition coefficient (Wildman–Crippen LogP) is 18.4. The van der Waals surface area contributed by atoms with Gasteiger partial charge in [0.2, 0.25) is 0 Å². The summed E-state index contributed by atoms with van der Waals surface area (Å²) in [6, 6.07) is 89.8. The number of fused-ring (bicyclic) bond motifs is 9. The van der Waals surface area contributed by atoms with Crippen molar-refractivity contribution in [3.8, 4) is 39.1 Å². The molecule has 0 aliphatic rings. The van der Waals surface area contributed by atoms with Crippen LogP contribution >= 0.6 is 0 Å². The minimum atomic E-state index is 0.154. The highest BCUT2D eigenvalue weighted by atomic mass is 16.3. The zero-order valence-corrected chi connectivity index (χ0v) is 43.2. The van der Waals surface area contributed by atoms with E-state index in [1.165, 1.54) is 44.1 Å². The number of rotatable bonds is 8. The minimum absolute atomic E-state index is 0.154. The number of hydrogen-bond acceptors (Lipinski definition) is 2. The summed E-state index contributed by atoms with van der Waals surface area (Å²) in [4.78, 5) is 9.99. The molecule has 78 heavy (non-hydrogen) atoms. The highest BCUT2D eigenvalue weighted by Crippen LogP contribution is 2.44. The van der Waals surface area contributed by atoms with Crippen LogP contribution in [0, 0.1) is 12.3 Å². The Balaban J connectivity index is 0.902. The largest absolute Gasteiger partial charge is 0.456 e. The second kappa shape index (κ2) is 19.2. The molecular formula is C72H51N5O. The molecule has 0 aliphatic carbocycles. The van der Waals surface area contributed by atoms with Gasteiger partial charge in [0.1, 0.15) is 17.0 Å². The van der Waals surface area contributed by atoms with Crippen LogP contribution in [0.4, 0.5) is 0 Å². The summed E-state index contributed by atoms with van der Waals surface area (Å²) in [6.07, 6.45) is 0.789. The molecule has 11 aromatic carbocycles. The molecule has 6 nitrogen and oxygen atoms in total. The Bertz CT molecular complexity index is 4720. The Hall–Kier alpha value is -10.2. The van der Waals surface area contributed by atoms with Crippen molar-refractivity contribution in [1.29, 1.82) is 5.41 Å². The van der Waals surface area contributed by atoms with Crippen LogP contribution in [0.1, 0.15) is 34.7 Å². The summed E-state index contributed by atoms with van der Waals surface area (Å²) < 4.78 is 11.4. The molecule has 3 heterocycles. The van der Waals surface area contributed by atoms with Crippen molar-refractivity contribution in [3.63, 3.8) is 0 Å². The minimum Gasteiger partial charge on any atom is -0.456 e. The van der Waals surface area contributed by atoms with Gasteiger partial charge in [0.05, 0.1) is 22.1 Å². The molecule has 0 fully saturated rings. The Morgan fingerprint density at radius 2 is 1.05 bits per heavy atom. The monoisotopic (exact) mass is 1000 g/mol. The quantitative estimate of drug-likeness (QED) is 0.120. The highest BCUT2D eigenvalue weighted by molar-refractivity contribution is 6.20. The number of aromatic nitrogens is 2. The summed E-state index contributed by atoms with van der Waals surface area (Å²) in [5.74, 6) is 1.38. The van der Waals surface area contributed by atoms with Crippen molar-refractivity contribution in [2.24, 2.45) is 9.98 Å². The van der Waals surface area contributed by atoms with Gasteiger partial charge in [-0.05, 0) is 125 Å². The van der Waals surface area contributed by atoms with E-state index in [1.807, 2.05) is 67.6 Å². The number of aryl methyl sites for hydroxylation is 1. The van der Waals surface area contributed by atoms with Gasteiger partial charge in [0, 0.05) is 55.6 Å². The topological polar surface area (TPSA) is 71.6 Å². The van der Waals surface area contributed by atoms with Crippen LogP contribution in [-0.4, -0.2) is 26.6 Å². The van der Waals surface area contributed by atoms with E-state index in [0.29, 0.717) is 5.84 Å². The van der Waals surface area contributed by atoms with E-state index in [4.69, 9.17) is 19.8 Å². The third-order valence-electron chi connectivity index (χ3n) is 15.4. The number of hydrogen-bond donors (Lipinski definition) is 1. The van der Waals surface area contributed by atoms with E-state index >= 15 is 0 Å². The number of nitrogens with zero attached hydrogens (tertiary/aromatic N) is 4. The summed E-state index contributed by atoms with van der Waals surface area (Å²) in [7, 11) is 0. The van der Waals surface area contributed by atoms with Gasteiger partial charge in [0.15, 0.2) is 11.7 Å². The number of benzene rings is 11. The maximum Gasteiger partial charge on any atom is 0.163 e. The fourth-order valence-electron chi connectivity index (χ4n) is 11.8. The smallest absolute Gasteiger partial charge is 0.163 e. The first-order valence-corrected chi connectivity index (χ1v) is 26.5. The molecule has 0 saturated heterocycles. The summed E-state index contributed by atoms with van der Waals surface area (Å²) >= 11 is 0. The van der Waals surface area contributed by atoms with E-state index in [-0.39, 0.29) is 5.84 Å². The molecule has 0 unspecified atom stereocenters. The highest BCUT2D eigenvalue weighted by Gasteiger charge is 2.23. The van der Waals surface area contributed by atoms with Crippen LogP contribution in [0.3, 0.4) is 0 Å². The van der Waals surface area contributed by atoms with Crippen LogP contribution < -0.4 is 0 Å². The molecular weight excluding hydrogens is 951 g/mol. The van der Waals surface area contributed by atoms with Gasteiger partial charge < -0.3 is 8.98 Å². The fourth-order valence-corrected chi connectivity index (χ4v) is 11.8. The van der Waals surface area contributed by atoms with Crippen molar-refractivity contribution < 1.29 is 4.42 Å². The Labute approximate surface area is 451 Å². The lowest BCUT2D eigenvalue weighted by molar-refractivity contribution is 0.669. The molecule has 0 radical (unpaired) electrons. The van der Waals surface area contributed by atoms with E-state index in [2.05, 4.69) is 210 Å². The van der Waals surface area contributed by atoms with Crippen molar-refractivity contribution >= 4 is 83.1 Å². The lowest BCUT2D eigenvalue weighted by Crippen LogP contribution is -2.12. The maximum atomic E-state index is 8.92. The third-order valence-corrected chi connectivity index (χ3v) is 15.4. The first-order valence-electron chi connectivity index (χ1n) is 26.5. The number of aliphatic imine (C=N–C) groups is 2.